The van der Waals surface area contributed by atoms with Crippen LogP contribution in [0.5, 0.6) is 0 Å². The van der Waals surface area contributed by atoms with Gasteiger partial charge in [-0.05, 0) is 37.1 Å². The summed E-state index contributed by atoms with van der Waals surface area (Å²) < 4.78 is 13.2. The fraction of sp³-hybridized carbons (Fsp3) is 0.450. The van der Waals surface area contributed by atoms with Crippen molar-refractivity contribution in [3.8, 4) is 11.3 Å². The summed E-state index contributed by atoms with van der Waals surface area (Å²) in [6.07, 6.45) is 3.04. The Bertz CT molecular complexity index is 842. The van der Waals surface area contributed by atoms with Gasteiger partial charge in [0.2, 0.25) is 11.8 Å². The normalized spacial score (nSPS) is 19.2. The van der Waals surface area contributed by atoms with Gasteiger partial charge in [0.1, 0.15) is 5.82 Å². The van der Waals surface area contributed by atoms with Crippen molar-refractivity contribution in [1.29, 1.82) is 0 Å². The van der Waals surface area contributed by atoms with Crippen LogP contribution < -0.4 is 5.73 Å². The second-order valence-corrected chi connectivity index (χ2v) is 7.43. The van der Waals surface area contributed by atoms with Gasteiger partial charge in [-0.25, -0.2) is 4.39 Å². The molecule has 3 rings (SSSR count). The fourth-order valence-electron chi connectivity index (χ4n) is 3.62. The molecule has 1 aliphatic rings. The lowest BCUT2D eigenvalue weighted by molar-refractivity contribution is -0.137. The van der Waals surface area contributed by atoms with Crippen LogP contribution in [-0.4, -0.2) is 58.0 Å². The van der Waals surface area contributed by atoms with E-state index in [1.165, 1.54) is 19.1 Å². The predicted molar refractivity (Wildman–Crippen MR) is 111 cm³/mol. The van der Waals surface area contributed by atoms with Crippen molar-refractivity contribution in [2.24, 2.45) is 11.7 Å². The number of likely N-dealkylation sites (tertiary alicyclic amines) is 1. The van der Waals surface area contributed by atoms with Gasteiger partial charge in [-0.15, -0.1) is 12.4 Å². The molecule has 7 nitrogen and oxygen atoms in total. The second-order valence-electron chi connectivity index (χ2n) is 7.43. The third-order valence-corrected chi connectivity index (χ3v) is 5.21. The van der Waals surface area contributed by atoms with E-state index in [4.69, 9.17) is 5.73 Å². The molecular weight excluding hydrogens is 397 g/mol. The first kappa shape index (κ1) is 22.8. The summed E-state index contributed by atoms with van der Waals surface area (Å²) in [7, 11) is 1.74. The smallest absolute Gasteiger partial charge is 0.227 e. The van der Waals surface area contributed by atoms with Gasteiger partial charge in [0.15, 0.2) is 0 Å². The maximum absolute atomic E-state index is 13.2. The number of H-pyrrole nitrogens is 1. The number of nitrogens with one attached hydrogen (secondary N) is 1. The zero-order valence-corrected chi connectivity index (χ0v) is 17.4. The molecule has 158 valence electrons. The summed E-state index contributed by atoms with van der Waals surface area (Å²) in [6, 6.07) is 6.02. The highest BCUT2D eigenvalue weighted by Gasteiger charge is 2.30. The van der Waals surface area contributed by atoms with Crippen molar-refractivity contribution in [2.45, 2.75) is 32.4 Å². The molecule has 1 saturated heterocycles. The highest BCUT2D eigenvalue weighted by molar-refractivity contribution is 5.85. The number of carbonyl (C=O) groups excluding carboxylic acids is 2. The second kappa shape index (κ2) is 9.84. The van der Waals surface area contributed by atoms with Gasteiger partial charge >= 0.3 is 0 Å². The lowest BCUT2D eigenvalue weighted by Gasteiger charge is -2.27. The van der Waals surface area contributed by atoms with E-state index in [-0.39, 0.29) is 42.0 Å². The number of carbonyl (C=O) groups is 2. The molecule has 0 radical (unpaired) electrons. The van der Waals surface area contributed by atoms with Gasteiger partial charge in [0.05, 0.1) is 17.8 Å². The van der Waals surface area contributed by atoms with E-state index < -0.39 is 0 Å². The molecule has 2 amide bonds. The Kier molecular flexibility index (Phi) is 7.75. The Morgan fingerprint density at radius 3 is 2.62 bits per heavy atom. The highest BCUT2D eigenvalue weighted by atomic mass is 35.5. The molecule has 29 heavy (non-hydrogen) atoms. The Labute approximate surface area is 175 Å². The highest BCUT2D eigenvalue weighted by Crippen LogP contribution is 2.24. The van der Waals surface area contributed by atoms with Crippen LogP contribution in [0.15, 0.2) is 30.5 Å². The van der Waals surface area contributed by atoms with E-state index >= 15 is 0 Å². The zero-order valence-electron chi connectivity index (χ0n) is 16.6. The largest absolute Gasteiger partial charge is 0.341 e. The van der Waals surface area contributed by atoms with Gasteiger partial charge in [-0.1, -0.05) is 0 Å². The first-order valence-electron chi connectivity index (χ1n) is 9.39. The van der Waals surface area contributed by atoms with Crippen LogP contribution in [0.25, 0.3) is 11.3 Å². The average Bonchev–Trinajstić information content (AvgIpc) is 3.02. The van der Waals surface area contributed by atoms with E-state index in [1.807, 2.05) is 0 Å². The minimum atomic E-state index is -0.307. The van der Waals surface area contributed by atoms with Crippen LogP contribution in [0.2, 0.25) is 0 Å². The molecular formula is C20H27ClFN5O2. The zero-order chi connectivity index (χ0) is 20.3. The van der Waals surface area contributed by atoms with Crippen LogP contribution in [0, 0.1) is 11.7 Å². The van der Waals surface area contributed by atoms with Crippen molar-refractivity contribution in [3.05, 3.63) is 41.8 Å². The van der Waals surface area contributed by atoms with E-state index in [2.05, 4.69) is 10.2 Å². The Morgan fingerprint density at radius 2 is 1.97 bits per heavy atom. The number of halogens is 2. The van der Waals surface area contributed by atoms with Gasteiger partial charge in [-0.3, -0.25) is 14.7 Å². The number of hydrogen-bond donors (Lipinski definition) is 2. The van der Waals surface area contributed by atoms with Crippen molar-refractivity contribution in [1.82, 2.24) is 20.0 Å². The van der Waals surface area contributed by atoms with E-state index in [1.54, 1.807) is 35.2 Å². The van der Waals surface area contributed by atoms with Gasteiger partial charge in [-0.2, -0.15) is 5.10 Å². The van der Waals surface area contributed by atoms with E-state index in [0.717, 1.165) is 16.8 Å². The number of amides is 2. The Hall–Kier alpha value is -2.45. The van der Waals surface area contributed by atoms with Crippen molar-refractivity contribution in [3.63, 3.8) is 0 Å². The molecule has 3 N–H and O–H groups in total. The standard InChI is InChI=1S/C20H26FN5O2.ClH/c1-13(27)26-11-15(5-8-18(22)12-26)20(28)25(2)10-16-9-23-24-19(16)14-3-6-17(21)7-4-14;/h3-4,6-7,9,15,18H,5,8,10-12,22H2,1-2H3,(H,23,24);1H/t15-,18+;/m1./s1. The molecule has 9 heteroatoms. The minimum absolute atomic E-state index is 0. The summed E-state index contributed by atoms with van der Waals surface area (Å²) >= 11 is 0. The third kappa shape index (κ3) is 5.55. The van der Waals surface area contributed by atoms with Crippen molar-refractivity contribution in [2.75, 3.05) is 20.1 Å². The Balaban J connectivity index is 0.00000300. The first-order chi connectivity index (χ1) is 13.3. The minimum Gasteiger partial charge on any atom is -0.341 e. The molecule has 0 bridgehead atoms. The SMILES string of the molecule is CC(=O)N1C[C@@H](N)CC[C@@H](C(=O)N(C)Cc2cn[nH]c2-c2ccc(F)cc2)C1.Cl. The summed E-state index contributed by atoms with van der Waals surface area (Å²) in [6.45, 7) is 2.75. The number of nitrogens with two attached hydrogens (primary N) is 1. The summed E-state index contributed by atoms with van der Waals surface area (Å²) in [5.74, 6) is -0.667. The molecule has 1 aromatic heterocycles. The fourth-order valence-corrected chi connectivity index (χ4v) is 3.62. The molecule has 1 fully saturated rings. The van der Waals surface area contributed by atoms with Gasteiger partial charge in [0.25, 0.3) is 0 Å². The van der Waals surface area contributed by atoms with Gasteiger partial charge < -0.3 is 15.5 Å². The van der Waals surface area contributed by atoms with Crippen LogP contribution >= 0.6 is 12.4 Å². The van der Waals surface area contributed by atoms with Crippen LogP contribution in [0.3, 0.4) is 0 Å². The molecule has 1 aliphatic heterocycles. The topological polar surface area (TPSA) is 95.3 Å². The van der Waals surface area contributed by atoms with Crippen LogP contribution in [0.4, 0.5) is 4.39 Å². The lowest BCUT2D eigenvalue weighted by Crippen LogP contribution is -2.42. The maximum atomic E-state index is 13.2. The quantitative estimate of drug-likeness (QED) is 0.787. The molecule has 0 unspecified atom stereocenters. The maximum Gasteiger partial charge on any atom is 0.227 e. The monoisotopic (exact) mass is 423 g/mol. The lowest BCUT2D eigenvalue weighted by atomic mass is 10.00. The van der Waals surface area contributed by atoms with Crippen LogP contribution in [0.1, 0.15) is 25.3 Å². The number of benzene rings is 1. The summed E-state index contributed by atoms with van der Waals surface area (Å²) in [4.78, 5) is 28.1. The van der Waals surface area contributed by atoms with E-state index in [9.17, 15) is 14.0 Å². The molecule has 0 saturated carbocycles. The van der Waals surface area contributed by atoms with Crippen molar-refractivity contribution < 1.29 is 14.0 Å². The molecule has 0 spiro atoms. The Morgan fingerprint density at radius 1 is 1.28 bits per heavy atom. The number of hydrogen-bond acceptors (Lipinski definition) is 4. The molecule has 0 aliphatic carbocycles. The number of aromatic amines is 1. The molecule has 2 atom stereocenters. The third-order valence-electron chi connectivity index (χ3n) is 5.21. The van der Waals surface area contributed by atoms with Gasteiger partial charge in [0, 0.05) is 50.8 Å². The average molecular weight is 424 g/mol. The molecule has 2 aromatic rings. The molecule has 1 aromatic carbocycles. The number of aromatic nitrogens is 2. The van der Waals surface area contributed by atoms with E-state index in [0.29, 0.717) is 32.5 Å². The summed E-state index contributed by atoms with van der Waals surface area (Å²) in [5, 5.41) is 7.00. The van der Waals surface area contributed by atoms with Crippen molar-refractivity contribution >= 4 is 24.2 Å². The first-order valence-corrected chi connectivity index (χ1v) is 9.39. The number of rotatable bonds is 4. The van der Waals surface area contributed by atoms with Crippen LogP contribution in [-0.2, 0) is 16.1 Å². The summed E-state index contributed by atoms with van der Waals surface area (Å²) in [5.41, 5.74) is 8.45. The predicted octanol–water partition coefficient (Wildman–Crippen LogP) is 2.18. The number of nitrogens with zero attached hydrogens (tertiary/aromatic N) is 3. The molecule has 2 heterocycles.